The summed E-state index contributed by atoms with van der Waals surface area (Å²) in [6.45, 7) is 3.24. The summed E-state index contributed by atoms with van der Waals surface area (Å²) < 4.78 is 5.00. The van der Waals surface area contributed by atoms with Gasteiger partial charge in [0.25, 0.3) is 0 Å². The molecule has 0 amide bonds. The van der Waals surface area contributed by atoms with E-state index in [1.54, 1.807) is 0 Å². The monoisotopic (exact) mass is 219 g/mol. The minimum absolute atomic E-state index is 0.0933. The molecule has 0 radical (unpaired) electrons. The second-order valence-corrected chi connectivity index (χ2v) is 4.01. The average molecular weight is 219 g/mol. The summed E-state index contributed by atoms with van der Waals surface area (Å²) >= 11 is 0. The van der Waals surface area contributed by atoms with Gasteiger partial charge in [0.1, 0.15) is 0 Å². The second kappa shape index (κ2) is 5.01. The molecule has 3 heteroatoms. The Morgan fingerprint density at radius 3 is 3.12 bits per heavy atom. The fraction of sp³-hybridized carbons (Fsp3) is 0.462. The van der Waals surface area contributed by atoms with E-state index < -0.39 is 0 Å². The molecule has 0 spiro atoms. The van der Waals surface area contributed by atoms with E-state index in [0.717, 1.165) is 18.7 Å². The van der Waals surface area contributed by atoms with Gasteiger partial charge in [0.2, 0.25) is 0 Å². The van der Waals surface area contributed by atoms with Crippen molar-refractivity contribution in [2.75, 3.05) is 18.5 Å². The predicted molar refractivity (Wildman–Crippen MR) is 63.5 cm³/mol. The van der Waals surface area contributed by atoms with Crippen LogP contribution >= 0.6 is 0 Å². The zero-order valence-electron chi connectivity index (χ0n) is 9.53. The zero-order valence-corrected chi connectivity index (χ0v) is 9.53. The van der Waals surface area contributed by atoms with Crippen LogP contribution in [0.25, 0.3) is 0 Å². The summed E-state index contributed by atoms with van der Waals surface area (Å²) in [5.74, 6) is 0.209. The molecule has 0 bridgehead atoms. The predicted octanol–water partition coefficient (Wildman–Crippen LogP) is 2.54. The minimum Gasteiger partial charge on any atom is -0.466 e. The van der Waals surface area contributed by atoms with Crippen molar-refractivity contribution in [1.82, 2.24) is 0 Å². The number of rotatable bonds is 3. The first-order valence-electron chi connectivity index (χ1n) is 5.79. The lowest BCUT2D eigenvalue weighted by atomic mass is 9.88. The van der Waals surface area contributed by atoms with Crippen molar-refractivity contribution in [3.63, 3.8) is 0 Å². The van der Waals surface area contributed by atoms with Crippen LogP contribution in [-0.2, 0) is 9.53 Å². The minimum atomic E-state index is -0.0933. The van der Waals surface area contributed by atoms with E-state index in [2.05, 4.69) is 17.4 Å². The summed E-state index contributed by atoms with van der Waals surface area (Å²) in [5, 5.41) is 3.35. The Kier molecular flexibility index (Phi) is 3.44. The lowest BCUT2D eigenvalue weighted by Gasteiger charge is -2.25. The molecule has 1 atom stereocenters. The van der Waals surface area contributed by atoms with Gasteiger partial charge in [-0.25, -0.2) is 0 Å². The maximum absolute atomic E-state index is 11.5. The summed E-state index contributed by atoms with van der Waals surface area (Å²) in [6, 6.07) is 8.18. The molecule has 1 aliphatic heterocycles. The van der Waals surface area contributed by atoms with Crippen molar-refractivity contribution in [2.24, 2.45) is 0 Å². The summed E-state index contributed by atoms with van der Waals surface area (Å²) in [5.41, 5.74) is 2.39. The summed E-state index contributed by atoms with van der Waals surface area (Å²) in [6.07, 6.45) is 1.49. The molecule has 86 valence electrons. The van der Waals surface area contributed by atoms with Crippen molar-refractivity contribution in [1.29, 1.82) is 0 Å². The largest absolute Gasteiger partial charge is 0.466 e. The molecular formula is C13H17NO2. The number of nitrogens with one attached hydrogen (secondary N) is 1. The number of carbonyl (C=O) groups is 1. The van der Waals surface area contributed by atoms with Gasteiger partial charge < -0.3 is 10.1 Å². The molecule has 1 N–H and O–H groups in total. The molecule has 1 aliphatic rings. The third-order valence-electron chi connectivity index (χ3n) is 2.93. The van der Waals surface area contributed by atoms with Gasteiger partial charge in [-0.15, -0.1) is 0 Å². The lowest BCUT2D eigenvalue weighted by Crippen LogP contribution is -2.19. The highest BCUT2D eigenvalue weighted by atomic mass is 16.5. The van der Waals surface area contributed by atoms with Crippen LogP contribution < -0.4 is 5.32 Å². The maximum atomic E-state index is 11.5. The van der Waals surface area contributed by atoms with Crippen molar-refractivity contribution in [3.05, 3.63) is 29.8 Å². The lowest BCUT2D eigenvalue weighted by molar-refractivity contribution is -0.143. The van der Waals surface area contributed by atoms with Crippen molar-refractivity contribution in [3.8, 4) is 0 Å². The molecule has 2 rings (SSSR count). The second-order valence-electron chi connectivity index (χ2n) is 4.01. The van der Waals surface area contributed by atoms with E-state index in [-0.39, 0.29) is 5.97 Å². The van der Waals surface area contributed by atoms with Crippen LogP contribution in [0.2, 0.25) is 0 Å². The SMILES string of the molecule is CCOC(=O)CC1CCNc2ccccc21. The zero-order chi connectivity index (χ0) is 11.4. The summed E-state index contributed by atoms with van der Waals surface area (Å²) in [4.78, 5) is 11.5. The highest BCUT2D eigenvalue weighted by Crippen LogP contribution is 2.33. The fourth-order valence-electron chi connectivity index (χ4n) is 2.18. The van der Waals surface area contributed by atoms with E-state index in [9.17, 15) is 4.79 Å². The van der Waals surface area contributed by atoms with Crippen molar-refractivity contribution in [2.45, 2.75) is 25.7 Å². The normalized spacial score (nSPS) is 18.4. The van der Waals surface area contributed by atoms with Crippen LogP contribution in [0.1, 0.15) is 31.2 Å². The standard InChI is InChI=1S/C13H17NO2/c1-2-16-13(15)9-10-7-8-14-12-6-4-3-5-11(10)12/h3-6,10,14H,2,7-9H2,1H3. The first kappa shape index (κ1) is 11.0. The van der Waals surface area contributed by atoms with Gasteiger partial charge in [-0.3, -0.25) is 4.79 Å². The molecule has 0 aliphatic carbocycles. The van der Waals surface area contributed by atoms with Crippen LogP contribution in [0.5, 0.6) is 0 Å². The Bertz CT molecular complexity index is 376. The Labute approximate surface area is 95.8 Å². The first-order valence-corrected chi connectivity index (χ1v) is 5.79. The van der Waals surface area contributed by atoms with Gasteiger partial charge in [0.15, 0.2) is 0 Å². The average Bonchev–Trinajstić information content (AvgIpc) is 2.30. The third-order valence-corrected chi connectivity index (χ3v) is 2.93. The number of fused-ring (bicyclic) bond motifs is 1. The van der Waals surface area contributed by atoms with Crippen LogP contribution in [0.15, 0.2) is 24.3 Å². The highest BCUT2D eigenvalue weighted by molar-refractivity contribution is 5.71. The smallest absolute Gasteiger partial charge is 0.306 e. The van der Waals surface area contributed by atoms with Gasteiger partial charge in [0.05, 0.1) is 13.0 Å². The van der Waals surface area contributed by atoms with Crippen LogP contribution in [0.3, 0.4) is 0 Å². The molecule has 0 aromatic heterocycles. The topological polar surface area (TPSA) is 38.3 Å². The highest BCUT2D eigenvalue weighted by Gasteiger charge is 2.22. The Morgan fingerprint density at radius 1 is 1.50 bits per heavy atom. The quantitative estimate of drug-likeness (QED) is 0.794. The number of anilines is 1. The van der Waals surface area contributed by atoms with Crippen LogP contribution in [-0.4, -0.2) is 19.1 Å². The molecule has 1 aromatic carbocycles. The molecule has 1 unspecified atom stereocenters. The maximum Gasteiger partial charge on any atom is 0.306 e. The molecule has 0 fully saturated rings. The molecular weight excluding hydrogens is 202 g/mol. The number of ether oxygens (including phenoxy) is 1. The van der Waals surface area contributed by atoms with E-state index in [1.165, 1.54) is 5.56 Å². The Morgan fingerprint density at radius 2 is 2.31 bits per heavy atom. The van der Waals surface area contributed by atoms with Crippen LogP contribution in [0, 0.1) is 0 Å². The molecule has 1 aromatic rings. The van der Waals surface area contributed by atoms with E-state index in [0.29, 0.717) is 18.9 Å². The number of carbonyl (C=O) groups excluding carboxylic acids is 1. The van der Waals surface area contributed by atoms with Gasteiger partial charge in [-0.2, -0.15) is 0 Å². The molecule has 16 heavy (non-hydrogen) atoms. The number of benzene rings is 1. The van der Waals surface area contributed by atoms with Crippen molar-refractivity contribution >= 4 is 11.7 Å². The van der Waals surface area contributed by atoms with Gasteiger partial charge >= 0.3 is 5.97 Å². The number of hydrogen-bond acceptors (Lipinski definition) is 3. The summed E-state index contributed by atoms with van der Waals surface area (Å²) in [7, 11) is 0. The molecule has 0 saturated heterocycles. The van der Waals surface area contributed by atoms with E-state index in [4.69, 9.17) is 4.74 Å². The Balaban J connectivity index is 2.10. The van der Waals surface area contributed by atoms with E-state index >= 15 is 0 Å². The van der Waals surface area contributed by atoms with Gasteiger partial charge in [-0.05, 0) is 30.9 Å². The molecule has 0 saturated carbocycles. The molecule has 1 heterocycles. The fourth-order valence-corrected chi connectivity index (χ4v) is 2.18. The van der Waals surface area contributed by atoms with E-state index in [1.807, 2.05) is 19.1 Å². The Hall–Kier alpha value is -1.51. The van der Waals surface area contributed by atoms with Gasteiger partial charge in [-0.1, -0.05) is 18.2 Å². The number of para-hydroxylation sites is 1. The molecule has 3 nitrogen and oxygen atoms in total. The number of esters is 1. The van der Waals surface area contributed by atoms with Crippen LogP contribution in [0.4, 0.5) is 5.69 Å². The number of hydrogen-bond donors (Lipinski definition) is 1. The first-order chi connectivity index (χ1) is 7.81. The third kappa shape index (κ3) is 2.35. The van der Waals surface area contributed by atoms with Crippen molar-refractivity contribution < 1.29 is 9.53 Å². The van der Waals surface area contributed by atoms with Gasteiger partial charge in [0, 0.05) is 12.2 Å².